The monoisotopic (exact) mass is 262 g/mol. The number of halogens is 1. The van der Waals surface area contributed by atoms with Crippen molar-refractivity contribution < 1.29 is 0 Å². The molecule has 2 atom stereocenters. The minimum absolute atomic E-state index is 0.704. The van der Waals surface area contributed by atoms with Crippen LogP contribution in [0.3, 0.4) is 0 Å². The summed E-state index contributed by atoms with van der Waals surface area (Å²) in [5.74, 6) is 0.847. The molecular weight excluding hydrogens is 240 g/mol. The Morgan fingerprint density at radius 1 is 1.43 bits per heavy atom. The molecule has 3 heteroatoms. The second-order valence-electron chi connectivity index (χ2n) is 4.74. The molecule has 0 spiro atoms. The van der Waals surface area contributed by atoms with E-state index in [0.29, 0.717) is 4.83 Å². The number of hydrogen-bond acceptors (Lipinski definition) is 2. The molecule has 1 rings (SSSR count). The summed E-state index contributed by atoms with van der Waals surface area (Å²) in [5.41, 5.74) is 0. The molecule has 0 aliphatic carbocycles. The van der Waals surface area contributed by atoms with Gasteiger partial charge in [0.15, 0.2) is 0 Å². The third-order valence-electron chi connectivity index (χ3n) is 3.03. The van der Waals surface area contributed by atoms with E-state index in [-0.39, 0.29) is 0 Å². The van der Waals surface area contributed by atoms with E-state index in [1.54, 1.807) is 0 Å². The maximum absolute atomic E-state index is 3.76. The normalized spacial score (nSPS) is 29.8. The van der Waals surface area contributed by atoms with Gasteiger partial charge in [-0.15, -0.1) is 0 Å². The summed E-state index contributed by atoms with van der Waals surface area (Å²) in [7, 11) is 4.29. The van der Waals surface area contributed by atoms with Crippen molar-refractivity contribution in [3.05, 3.63) is 0 Å². The molecule has 1 heterocycles. The maximum atomic E-state index is 3.76. The maximum Gasteiger partial charge on any atom is 0.0299 e. The Bertz CT molecular complexity index is 161. The SMILES string of the molecule is CC1CCN(CCCN(C)C)CC1Br. The fraction of sp³-hybridized carbons (Fsp3) is 1.00. The Labute approximate surface area is 96.8 Å². The first-order valence-corrected chi connectivity index (χ1v) is 6.52. The third kappa shape index (κ3) is 4.28. The molecule has 14 heavy (non-hydrogen) atoms. The number of alkyl halides is 1. The molecule has 84 valence electrons. The molecule has 1 aliphatic heterocycles. The van der Waals surface area contributed by atoms with E-state index >= 15 is 0 Å². The summed E-state index contributed by atoms with van der Waals surface area (Å²) in [6.45, 7) is 7.33. The van der Waals surface area contributed by atoms with Gasteiger partial charge in [0.2, 0.25) is 0 Å². The van der Waals surface area contributed by atoms with Crippen molar-refractivity contribution in [3.8, 4) is 0 Å². The number of nitrogens with zero attached hydrogens (tertiary/aromatic N) is 2. The highest BCUT2D eigenvalue weighted by Gasteiger charge is 2.23. The summed E-state index contributed by atoms with van der Waals surface area (Å²) < 4.78 is 0. The average molecular weight is 263 g/mol. The highest BCUT2D eigenvalue weighted by Crippen LogP contribution is 2.23. The molecule has 0 radical (unpaired) electrons. The smallest absolute Gasteiger partial charge is 0.0299 e. The zero-order valence-corrected chi connectivity index (χ0v) is 11.3. The van der Waals surface area contributed by atoms with Crippen LogP contribution in [0.15, 0.2) is 0 Å². The Balaban J connectivity index is 2.13. The molecule has 2 nitrogen and oxygen atoms in total. The van der Waals surface area contributed by atoms with Gasteiger partial charge in [-0.1, -0.05) is 22.9 Å². The molecule has 0 bridgehead atoms. The van der Waals surface area contributed by atoms with Crippen LogP contribution in [0.5, 0.6) is 0 Å². The highest BCUT2D eigenvalue weighted by molar-refractivity contribution is 9.09. The lowest BCUT2D eigenvalue weighted by atomic mass is 9.99. The lowest BCUT2D eigenvalue weighted by molar-refractivity contribution is 0.193. The first-order valence-electron chi connectivity index (χ1n) is 5.60. The molecule has 0 aromatic rings. The van der Waals surface area contributed by atoms with Gasteiger partial charge in [0.25, 0.3) is 0 Å². The van der Waals surface area contributed by atoms with Gasteiger partial charge in [-0.2, -0.15) is 0 Å². The lowest BCUT2D eigenvalue weighted by Gasteiger charge is -2.34. The van der Waals surface area contributed by atoms with Gasteiger partial charge in [0.05, 0.1) is 0 Å². The van der Waals surface area contributed by atoms with Crippen molar-refractivity contribution in [1.29, 1.82) is 0 Å². The topological polar surface area (TPSA) is 6.48 Å². The zero-order chi connectivity index (χ0) is 10.6. The number of rotatable bonds is 4. The Morgan fingerprint density at radius 2 is 2.14 bits per heavy atom. The minimum Gasteiger partial charge on any atom is -0.309 e. The van der Waals surface area contributed by atoms with Crippen LogP contribution in [0.2, 0.25) is 0 Å². The van der Waals surface area contributed by atoms with Crippen molar-refractivity contribution in [2.24, 2.45) is 5.92 Å². The number of likely N-dealkylation sites (tertiary alicyclic amines) is 1. The first-order chi connectivity index (χ1) is 6.59. The van der Waals surface area contributed by atoms with Crippen molar-refractivity contribution in [2.45, 2.75) is 24.6 Å². The summed E-state index contributed by atoms with van der Waals surface area (Å²) in [6, 6.07) is 0. The van der Waals surface area contributed by atoms with Gasteiger partial charge < -0.3 is 9.80 Å². The van der Waals surface area contributed by atoms with Crippen LogP contribution in [-0.4, -0.2) is 54.9 Å². The van der Waals surface area contributed by atoms with E-state index in [9.17, 15) is 0 Å². The van der Waals surface area contributed by atoms with Crippen LogP contribution >= 0.6 is 15.9 Å². The van der Waals surface area contributed by atoms with Crippen LogP contribution in [0.4, 0.5) is 0 Å². The Morgan fingerprint density at radius 3 is 2.71 bits per heavy atom. The van der Waals surface area contributed by atoms with E-state index in [0.717, 1.165) is 5.92 Å². The number of piperidine rings is 1. The molecule has 0 saturated carbocycles. The van der Waals surface area contributed by atoms with E-state index in [1.807, 2.05) is 0 Å². The van der Waals surface area contributed by atoms with E-state index in [4.69, 9.17) is 0 Å². The van der Waals surface area contributed by atoms with Gasteiger partial charge in [-0.3, -0.25) is 0 Å². The van der Waals surface area contributed by atoms with Crippen molar-refractivity contribution in [1.82, 2.24) is 9.80 Å². The average Bonchev–Trinajstić information content (AvgIpc) is 2.10. The standard InChI is InChI=1S/C11H23BrN2/c1-10-5-8-14(9-11(10)12)7-4-6-13(2)3/h10-11H,4-9H2,1-3H3. The van der Waals surface area contributed by atoms with Crippen LogP contribution in [0, 0.1) is 5.92 Å². The predicted octanol–water partition coefficient (Wildman–Crippen LogP) is 2.04. The van der Waals surface area contributed by atoms with Gasteiger partial charge in [-0.25, -0.2) is 0 Å². The van der Waals surface area contributed by atoms with Gasteiger partial charge >= 0.3 is 0 Å². The summed E-state index contributed by atoms with van der Waals surface area (Å²) >= 11 is 3.76. The van der Waals surface area contributed by atoms with Crippen LogP contribution in [-0.2, 0) is 0 Å². The van der Waals surface area contributed by atoms with Crippen molar-refractivity contribution in [3.63, 3.8) is 0 Å². The fourth-order valence-corrected chi connectivity index (χ4v) is 2.57. The van der Waals surface area contributed by atoms with E-state index in [1.165, 1.54) is 39.0 Å². The van der Waals surface area contributed by atoms with Crippen LogP contribution in [0.25, 0.3) is 0 Å². The molecule has 1 aliphatic rings. The summed E-state index contributed by atoms with van der Waals surface area (Å²) in [4.78, 5) is 5.55. The first kappa shape index (κ1) is 12.5. The van der Waals surface area contributed by atoms with E-state index in [2.05, 4.69) is 46.7 Å². The van der Waals surface area contributed by atoms with Crippen molar-refractivity contribution >= 4 is 15.9 Å². The fourth-order valence-electron chi connectivity index (χ4n) is 1.90. The van der Waals surface area contributed by atoms with E-state index < -0.39 is 0 Å². The van der Waals surface area contributed by atoms with Gasteiger partial charge in [0, 0.05) is 11.4 Å². The third-order valence-corrected chi connectivity index (χ3v) is 4.22. The van der Waals surface area contributed by atoms with Crippen LogP contribution in [0.1, 0.15) is 19.8 Å². The molecule has 1 saturated heterocycles. The second kappa shape index (κ2) is 6.09. The molecule has 0 aromatic heterocycles. The van der Waals surface area contributed by atoms with Crippen LogP contribution < -0.4 is 0 Å². The Kier molecular flexibility index (Phi) is 5.42. The zero-order valence-electron chi connectivity index (χ0n) is 9.67. The van der Waals surface area contributed by atoms with Gasteiger partial charge in [0.1, 0.15) is 0 Å². The number of hydrogen-bond donors (Lipinski definition) is 0. The molecule has 0 amide bonds. The predicted molar refractivity (Wildman–Crippen MR) is 66.1 cm³/mol. The summed E-state index contributed by atoms with van der Waals surface area (Å²) in [6.07, 6.45) is 2.64. The summed E-state index contributed by atoms with van der Waals surface area (Å²) in [5, 5.41) is 0. The quantitative estimate of drug-likeness (QED) is 0.716. The Hall–Kier alpha value is 0.400. The van der Waals surface area contributed by atoms with Crippen molar-refractivity contribution in [2.75, 3.05) is 40.3 Å². The second-order valence-corrected chi connectivity index (χ2v) is 5.92. The molecule has 2 unspecified atom stereocenters. The largest absolute Gasteiger partial charge is 0.309 e. The minimum atomic E-state index is 0.704. The lowest BCUT2D eigenvalue weighted by Crippen LogP contribution is -2.41. The molecule has 0 aromatic carbocycles. The molecule has 0 N–H and O–H groups in total. The highest BCUT2D eigenvalue weighted by atomic mass is 79.9. The van der Waals surface area contributed by atoms with Gasteiger partial charge in [-0.05, 0) is 52.5 Å². The molecular formula is C11H23BrN2. The molecule has 1 fully saturated rings.